The maximum Gasteiger partial charge on any atom is 0.424 e. The van der Waals surface area contributed by atoms with Gasteiger partial charge in [-0.3, -0.25) is 4.79 Å². The van der Waals surface area contributed by atoms with E-state index in [4.69, 9.17) is 4.74 Å². The zero-order valence-electron chi connectivity index (χ0n) is 11.3. The number of Topliss-reactive ketones (excluding diaryl/α,β-unsaturated/α-hetero) is 1. The number of hydrogen-bond acceptors (Lipinski definition) is 3. The highest BCUT2D eigenvalue weighted by Gasteiger charge is 2.63. The van der Waals surface area contributed by atoms with Crippen molar-refractivity contribution >= 4 is 5.78 Å². The Morgan fingerprint density at radius 2 is 1.90 bits per heavy atom. The summed E-state index contributed by atoms with van der Waals surface area (Å²) in [5.74, 6) is -0.843. The number of rotatable bonds is 1. The monoisotopic (exact) mass is 288 g/mol. The average molecular weight is 288 g/mol. The number of ketones is 1. The van der Waals surface area contributed by atoms with Crippen LogP contribution in [0.5, 0.6) is 5.75 Å². The SMILES string of the molecule is COc1ccc2c(c1)C(C)(C)CC(O)(C(F)(F)F)C2=O. The second-order valence-electron chi connectivity index (χ2n) is 5.66. The zero-order chi connectivity index (χ0) is 15.3. The first kappa shape index (κ1) is 14.8. The first-order valence-electron chi connectivity index (χ1n) is 6.05. The van der Waals surface area contributed by atoms with Crippen LogP contribution in [0.1, 0.15) is 36.2 Å². The van der Waals surface area contributed by atoms with Crippen molar-refractivity contribution in [3.05, 3.63) is 29.3 Å². The van der Waals surface area contributed by atoms with E-state index >= 15 is 0 Å². The number of benzene rings is 1. The summed E-state index contributed by atoms with van der Waals surface area (Å²) in [6, 6.07) is 4.23. The average Bonchev–Trinajstić information content (AvgIpc) is 2.34. The molecule has 0 radical (unpaired) electrons. The van der Waals surface area contributed by atoms with Gasteiger partial charge in [0.1, 0.15) is 5.75 Å². The molecule has 1 N–H and O–H groups in total. The normalized spacial score (nSPS) is 25.2. The molecule has 1 aromatic carbocycles. The third-order valence-corrected chi connectivity index (χ3v) is 3.74. The van der Waals surface area contributed by atoms with Gasteiger partial charge < -0.3 is 9.84 Å². The fraction of sp³-hybridized carbons (Fsp3) is 0.500. The molecular weight excluding hydrogens is 273 g/mol. The summed E-state index contributed by atoms with van der Waals surface area (Å²) in [6.07, 6.45) is -5.71. The minimum Gasteiger partial charge on any atom is -0.497 e. The van der Waals surface area contributed by atoms with Crippen LogP contribution in [0.15, 0.2) is 18.2 Å². The lowest BCUT2D eigenvalue weighted by Crippen LogP contribution is -2.58. The van der Waals surface area contributed by atoms with Crippen molar-refractivity contribution in [2.24, 2.45) is 0 Å². The Kier molecular flexibility index (Phi) is 3.13. The van der Waals surface area contributed by atoms with Crippen LogP contribution < -0.4 is 4.74 Å². The molecule has 6 heteroatoms. The molecule has 0 heterocycles. The predicted octanol–water partition coefficient (Wildman–Crippen LogP) is 2.85. The minimum atomic E-state index is -5.00. The van der Waals surface area contributed by atoms with Gasteiger partial charge in [-0.2, -0.15) is 13.2 Å². The molecule has 0 aromatic heterocycles. The lowest BCUT2D eigenvalue weighted by atomic mass is 9.65. The molecule has 1 aromatic rings. The molecule has 1 atom stereocenters. The van der Waals surface area contributed by atoms with Gasteiger partial charge in [0.2, 0.25) is 11.4 Å². The van der Waals surface area contributed by atoms with Crippen LogP contribution in [0.3, 0.4) is 0 Å². The molecule has 3 nitrogen and oxygen atoms in total. The summed E-state index contributed by atoms with van der Waals surface area (Å²) in [6.45, 7) is 3.13. The zero-order valence-corrected chi connectivity index (χ0v) is 11.3. The standard InChI is InChI=1S/C14H15F3O3/c1-12(2)7-13(19,14(15,16)17)11(18)9-5-4-8(20-3)6-10(9)12/h4-6,19H,7H2,1-3H3. The number of halogens is 3. The first-order chi connectivity index (χ1) is 9.03. The highest BCUT2D eigenvalue weighted by atomic mass is 19.4. The number of carbonyl (C=O) groups is 1. The van der Waals surface area contributed by atoms with Gasteiger partial charge in [0.25, 0.3) is 0 Å². The number of methoxy groups -OCH3 is 1. The highest BCUT2D eigenvalue weighted by molar-refractivity contribution is 6.06. The second-order valence-corrected chi connectivity index (χ2v) is 5.66. The van der Waals surface area contributed by atoms with Gasteiger partial charge in [-0.05, 0) is 29.2 Å². The van der Waals surface area contributed by atoms with Gasteiger partial charge in [-0.25, -0.2) is 0 Å². The third-order valence-electron chi connectivity index (χ3n) is 3.74. The van der Waals surface area contributed by atoms with Gasteiger partial charge in [0.05, 0.1) is 7.11 Å². The quantitative estimate of drug-likeness (QED) is 0.864. The Bertz CT molecular complexity index is 563. The summed E-state index contributed by atoms with van der Waals surface area (Å²) in [5.41, 5.74) is -3.99. The van der Waals surface area contributed by atoms with Crippen molar-refractivity contribution in [2.75, 3.05) is 7.11 Å². The van der Waals surface area contributed by atoms with Crippen LogP contribution in [0, 0.1) is 0 Å². The molecule has 1 aliphatic carbocycles. The Balaban J connectivity index is 2.66. The summed E-state index contributed by atoms with van der Waals surface area (Å²) < 4.78 is 44.2. The second kappa shape index (κ2) is 4.22. The summed E-state index contributed by atoms with van der Waals surface area (Å²) in [5, 5.41) is 9.88. The molecule has 2 rings (SSSR count). The molecule has 0 spiro atoms. The van der Waals surface area contributed by atoms with Gasteiger partial charge in [0.15, 0.2) is 0 Å². The summed E-state index contributed by atoms with van der Waals surface area (Å²) in [7, 11) is 1.44. The van der Waals surface area contributed by atoms with Crippen molar-refractivity contribution < 1.29 is 27.8 Å². The van der Waals surface area contributed by atoms with Crippen molar-refractivity contribution in [1.82, 2.24) is 0 Å². The van der Waals surface area contributed by atoms with Crippen LogP contribution in [0.4, 0.5) is 13.2 Å². The topological polar surface area (TPSA) is 46.5 Å². The van der Waals surface area contributed by atoms with Crippen molar-refractivity contribution in [1.29, 1.82) is 0 Å². The lowest BCUT2D eigenvalue weighted by molar-refractivity contribution is -0.244. The van der Waals surface area contributed by atoms with Gasteiger partial charge in [-0.1, -0.05) is 13.8 Å². The molecule has 0 saturated heterocycles. The van der Waals surface area contributed by atoms with Crippen LogP contribution >= 0.6 is 0 Å². The first-order valence-corrected chi connectivity index (χ1v) is 6.05. The van der Waals surface area contributed by atoms with Crippen molar-refractivity contribution in [3.8, 4) is 5.75 Å². The number of aliphatic hydroxyl groups is 1. The third kappa shape index (κ3) is 1.98. The molecule has 110 valence electrons. The highest BCUT2D eigenvalue weighted by Crippen LogP contribution is 2.48. The molecule has 1 unspecified atom stereocenters. The Morgan fingerprint density at radius 1 is 1.30 bits per heavy atom. The van der Waals surface area contributed by atoms with E-state index in [9.17, 15) is 23.1 Å². The Morgan fingerprint density at radius 3 is 2.40 bits per heavy atom. The molecular formula is C14H15F3O3. The van der Waals surface area contributed by atoms with E-state index in [-0.39, 0.29) is 5.56 Å². The molecule has 1 aliphatic rings. The number of carbonyl (C=O) groups excluding carboxylic acids is 1. The predicted molar refractivity (Wildman–Crippen MR) is 66.0 cm³/mol. The van der Waals surface area contributed by atoms with E-state index < -0.39 is 29.4 Å². The summed E-state index contributed by atoms with van der Waals surface area (Å²) in [4.78, 5) is 12.1. The van der Waals surface area contributed by atoms with E-state index in [0.29, 0.717) is 11.3 Å². The van der Waals surface area contributed by atoms with E-state index in [0.717, 1.165) is 0 Å². The van der Waals surface area contributed by atoms with Crippen molar-refractivity contribution in [2.45, 2.75) is 37.5 Å². The van der Waals surface area contributed by atoms with E-state index in [1.807, 2.05) is 0 Å². The number of ether oxygens (including phenoxy) is 1. The minimum absolute atomic E-state index is 0.109. The Labute approximate surface area is 114 Å². The number of fused-ring (bicyclic) bond motifs is 1. The maximum absolute atomic E-state index is 13.1. The van der Waals surface area contributed by atoms with Gasteiger partial charge >= 0.3 is 6.18 Å². The summed E-state index contributed by atoms with van der Waals surface area (Å²) >= 11 is 0. The van der Waals surface area contributed by atoms with E-state index in [2.05, 4.69) is 0 Å². The van der Waals surface area contributed by atoms with Crippen LogP contribution in [-0.4, -0.2) is 29.8 Å². The lowest BCUT2D eigenvalue weighted by Gasteiger charge is -2.42. The molecule has 20 heavy (non-hydrogen) atoms. The van der Waals surface area contributed by atoms with Crippen LogP contribution in [0.25, 0.3) is 0 Å². The van der Waals surface area contributed by atoms with Crippen LogP contribution in [-0.2, 0) is 5.41 Å². The smallest absolute Gasteiger partial charge is 0.424 e. The fourth-order valence-corrected chi connectivity index (χ4v) is 2.68. The largest absolute Gasteiger partial charge is 0.497 e. The number of alkyl halides is 3. The van der Waals surface area contributed by atoms with Crippen LogP contribution in [0.2, 0.25) is 0 Å². The molecule has 0 amide bonds. The fourth-order valence-electron chi connectivity index (χ4n) is 2.68. The molecule has 0 fully saturated rings. The van der Waals surface area contributed by atoms with E-state index in [1.165, 1.54) is 19.2 Å². The Hall–Kier alpha value is -1.56. The van der Waals surface area contributed by atoms with Gasteiger partial charge in [0, 0.05) is 12.0 Å². The molecule has 0 aliphatic heterocycles. The molecule has 0 saturated carbocycles. The number of hydrogen-bond donors (Lipinski definition) is 1. The maximum atomic E-state index is 13.1. The molecule has 0 bridgehead atoms. The van der Waals surface area contributed by atoms with E-state index in [1.54, 1.807) is 19.9 Å². The van der Waals surface area contributed by atoms with Gasteiger partial charge in [-0.15, -0.1) is 0 Å². The van der Waals surface area contributed by atoms with Crippen molar-refractivity contribution in [3.63, 3.8) is 0 Å².